The van der Waals surface area contributed by atoms with Crippen LogP contribution in [0.15, 0.2) is 76.6 Å². The molecule has 4 aromatic rings. The van der Waals surface area contributed by atoms with Crippen molar-refractivity contribution in [3.63, 3.8) is 0 Å². The fourth-order valence-corrected chi connectivity index (χ4v) is 6.72. The van der Waals surface area contributed by atoms with E-state index in [9.17, 15) is 17.6 Å². The zero-order valence-electron chi connectivity index (χ0n) is 18.4. The van der Waals surface area contributed by atoms with Crippen LogP contribution in [0.5, 0.6) is 0 Å². The molecule has 0 unspecified atom stereocenters. The Morgan fingerprint density at radius 1 is 1.06 bits per heavy atom. The van der Waals surface area contributed by atoms with Gasteiger partial charge < -0.3 is 4.57 Å². The Morgan fingerprint density at radius 3 is 2.53 bits per heavy atom. The van der Waals surface area contributed by atoms with Gasteiger partial charge in [-0.3, -0.25) is 4.79 Å². The van der Waals surface area contributed by atoms with Crippen LogP contribution in [-0.4, -0.2) is 29.7 Å². The lowest BCUT2D eigenvalue weighted by Crippen LogP contribution is -2.35. The van der Waals surface area contributed by atoms with Gasteiger partial charge in [0.15, 0.2) is 4.80 Å². The van der Waals surface area contributed by atoms with Crippen molar-refractivity contribution in [3.8, 4) is 0 Å². The van der Waals surface area contributed by atoms with Crippen molar-refractivity contribution >= 4 is 37.5 Å². The van der Waals surface area contributed by atoms with Crippen LogP contribution in [0.3, 0.4) is 0 Å². The number of thiazole rings is 1. The molecule has 0 spiro atoms. The van der Waals surface area contributed by atoms with Gasteiger partial charge in [0.05, 0.1) is 15.1 Å². The second-order valence-corrected chi connectivity index (χ2v) is 11.0. The highest BCUT2D eigenvalue weighted by molar-refractivity contribution is 7.89. The van der Waals surface area contributed by atoms with E-state index in [1.165, 1.54) is 57.6 Å². The maximum Gasteiger partial charge on any atom is 0.279 e. The number of fused-ring (bicyclic) bond motifs is 2. The minimum Gasteiger partial charge on any atom is -0.317 e. The first-order chi connectivity index (χ1) is 16.4. The molecule has 0 bridgehead atoms. The number of benzene rings is 3. The highest BCUT2D eigenvalue weighted by Gasteiger charge is 2.28. The first kappa shape index (κ1) is 22.6. The number of carbonyl (C=O) groups excluding carboxylic acids is 1. The van der Waals surface area contributed by atoms with Gasteiger partial charge in [-0.15, -0.1) is 0 Å². The number of carbonyl (C=O) groups is 1. The van der Waals surface area contributed by atoms with Crippen molar-refractivity contribution < 1.29 is 17.6 Å². The number of sulfonamides is 1. The van der Waals surface area contributed by atoms with Gasteiger partial charge in [-0.05, 0) is 66.9 Å². The average Bonchev–Trinajstić information content (AvgIpc) is 3.19. The predicted octanol–water partition coefficient (Wildman–Crippen LogP) is 4.35. The summed E-state index contributed by atoms with van der Waals surface area (Å²) in [5.41, 5.74) is 3.28. The number of aryl methyl sites for hydroxylation is 1. The molecule has 1 aromatic heterocycles. The highest BCUT2D eigenvalue weighted by atomic mass is 32.2. The van der Waals surface area contributed by atoms with E-state index in [1.54, 1.807) is 6.07 Å². The van der Waals surface area contributed by atoms with Crippen molar-refractivity contribution in [2.45, 2.75) is 31.3 Å². The largest absolute Gasteiger partial charge is 0.317 e. The summed E-state index contributed by atoms with van der Waals surface area (Å²) in [6.45, 7) is 3.25. The number of nitrogens with zero attached hydrogens (tertiary/aromatic N) is 3. The van der Waals surface area contributed by atoms with E-state index in [-0.39, 0.29) is 16.3 Å². The molecule has 0 saturated carbocycles. The zero-order valence-corrected chi connectivity index (χ0v) is 20.1. The molecule has 0 saturated heterocycles. The molecule has 6 nitrogen and oxygen atoms in total. The van der Waals surface area contributed by atoms with Crippen LogP contribution in [-0.2, 0) is 29.5 Å². The van der Waals surface area contributed by atoms with Gasteiger partial charge in [-0.25, -0.2) is 12.8 Å². The molecule has 5 rings (SSSR count). The predicted molar refractivity (Wildman–Crippen MR) is 130 cm³/mol. The lowest BCUT2D eigenvalue weighted by atomic mass is 10.0. The van der Waals surface area contributed by atoms with Crippen molar-refractivity contribution in [2.75, 3.05) is 6.54 Å². The molecule has 1 aliphatic heterocycles. The van der Waals surface area contributed by atoms with E-state index >= 15 is 0 Å². The Bertz CT molecular complexity index is 1570. The van der Waals surface area contributed by atoms with Gasteiger partial charge in [-0.1, -0.05) is 35.6 Å². The summed E-state index contributed by atoms with van der Waals surface area (Å²) in [7, 11) is -3.68. The molecule has 0 aliphatic carbocycles. The first-order valence-corrected chi connectivity index (χ1v) is 13.2. The number of hydrogen-bond acceptors (Lipinski definition) is 4. The van der Waals surface area contributed by atoms with E-state index in [0.717, 1.165) is 11.1 Å². The van der Waals surface area contributed by atoms with Gasteiger partial charge in [0.2, 0.25) is 10.0 Å². The molecular weight excluding hydrogens is 473 g/mol. The molecule has 9 heteroatoms. The normalized spacial score (nSPS) is 14.9. The summed E-state index contributed by atoms with van der Waals surface area (Å²) in [5.74, 6) is -0.825. The van der Waals surface area contributed by atoms with Crippen molar-refractivity contribution in [1.82, 2.24) is 8.87 Å². The summed E-state index contributed by atoms with van der Waals surface area (Å²) >= 11 is 1.24. The molecule has 1 amide bonds. The summed E-state index contributed by atoms with van der Waals surface area (Å²) in [6, 6.07) is 18.2. The second-order valence-electron chi connectivity index (χ2n) is 8.04. The number of halogens is 1. The van der Waals surface area contributed by atoms with Gasteiger partial charge >= 0.3 is 0 Å². The molecule has 0 fully saturated rings. The fourth-order valence-electron chi connectivity index (χ4n) is 4.18. The fraction of sp³-hybridized carbons (Fsp3) is 0.200. The molecule has 0 radical (unpaired) electrons. The molecule has 174 valence electrons. The smallest absolute Gasteiger partial charge is 0.279 e. The molecule has 34 heavy (non-hydrogen) atoms. The average molecular weight is 496 g/mol. The number of rotatable bonds is 4. The van der Waals surface area contributed by atoms with Gasteiger partial charge in [0, 0.05) is 25.2 Å². The minimum absolute atomic E-state index is 0.143. The Balaban J connectivity index is 1.41. The van der Waals surface area contributed by atoms with Gasteiger partial charge in [0.1, 0.15) is 5.82 Å². The third-order valence-corrected chi connectivity index (χ3v) is 8.89. The summed E-state index contributed by atoms with van der Waals surface area (Å²) in [5, 5.41) is 0. The lowest BCUT2D eigenvalue weighted by molar-refractivity contribution is 0.0997. The topological polar surface area (TPSA) is 71.7 Å². The Labute approximate surface area is 200 Å². The van der Waals surface area contributed by atoms with Crippen LogP contribution in [0.1, 0.15) is 28.4 Å². The minimum atomic E-state index is -3.68. The molecule has 3 aromatic carbocycles. The molecular formula is C25H22FN3O3S2. The van der Waals surface area contributed by atoms with Crippen molar-refractivity contribution in [2.24, 2.45) is 4.99 Å². The standard InChI is InChI=1S/C25H22FN3O3S2/c1-2-29-22-12-9-20(26)15-23(22)33-25(29)27-24(30)18-7-10-21(11-8-18)34(31,32)28-14-13-17-5-3-4-6-19(17)16-28/h3-12,15H,2,13-14,16H2,1H3. The number of hydrogen-bond donors (Lipinski definition) is 0. The van der Waals surface area contributed by atoms with E-state index in [4.69, 9.17) is 0 Å². The Hall–Kier alpha value is -3.14. The maximum absolute atomic E-state index is 13.6. The zero-order chi connectivity index (χ0) is 23.9. The van der Waals surface area contributed by atoms with Crippen LogP contribution >= 0.6 is 11.3 Å². The van der Waals surface area contributed by atoms with Crippen molar-refractivity contribution in [3.05, 3.63) is 94.0 Å². The SMILES string of the molecule is CCn1c(=NC(=O)c2ccc(S(=O)(=O)N3CCc4ccccc4C3)cc2)sc2cc(F)ccc21. The maximum atomic E-state index is 13.6. The van der Waals surface area contributed by atoms with Crippen LogP contribution in [0.25, 0.3) is 10.2 Å². The van der Waals surface area contributed by atoms with Gasteiger partial charge in [0.25, 0.3) is 5.91 Å². The Morgan fingerprint density at radius 2 is 1.79 bits per heavy atom. The van der Waals surface area contributed by atoms with E-state index < -0.39 is 15.9 Å². The molecule has 2 heterocycles. The second kappa shape index (κ2) is 8.90. The quantitative estimate of drug-likeness (QED) is 0.423. The van der Waals surface area contributed by atoms with Crippen LogP contribution in [0.2, 0.25) is 0 Å². The third kappa shape index (κ3) is 4.11. The monoisotopic (exact) mass is 495 g/mol. The van der Waals surface area contributed by atoms with E-state index in [0.29, 0.717) is 35.6 Å². The molecule has 0 atom stereocenters. The summed E-state index contributed by atoms with van der Waals surface area (Å²) in [4.78, 5) is 17.7. The molecule has 0 N–H and O–H groups in total. The summed E-state index contributed by atoms with van der Waals surface area (Å²) in [6.07, 6.45) is 0.668. The molecule has 1 aliphatic rings. The van der Waals surface area contributed by atoms with Crippen molar-refractivity contribution in [1.29, 1.82) is 0 Å². The summed E-state index contributed by atoms with van der Waals surface area (Å²) < 4.78 is 44.0. The Kier molecular flexibility index (Phi) is 5.93. The highest BCUT2D eigenvalue weighted by Crippen LogP contribution is 2.25. The number of amides is 1. The first-order valence-electron chi connectivity index (χ1n) is 10.9. The van der Waals surface area contributed by atoms with Crippen LogP contribution in [0, 0.1) is 5.82 Å². The number of aromatic nitrogens is 1. The third-order valence-electron chi connectivity index (χ3n) is 5.99. The van der Waals surface area contributed by atoms with Gasteiger partial charge in [-0.2, -0.15) is 9.30 Å². The van der Waals surface area contributed by atoms with E-state index in [1.807, 2.05) is 35.8 Å². The van der Waals surface area contributed by atoms with Crippen LogP contribution in [0.4, 0.5) is 4.39 Å². The van der Waals surface area contributed by atoms with E-state index in [2.05, 4.69) is 4.99 Å². The van der Waals surface area contributed by atoms with Crippen LogP contribution < -0.4 is 4.80 Å². The lowest BCUT2D eigenvalue weighted by Gasteiger charge is -2.28.